The van der Waals surface area contributed by atoms with Crippen molar-refractivity contribution in [2.75, 3.05) is 13.7 Å². The van der Waals surface area contributed by atoms with Crippen LogP contribution in [0.15, 0.2) is 0 Å². The summed E-state index contributed by atoms with van der Waals surface area (Å²) >= 11 is 0. The molecule has 2 rings (SSSR count). The van der Waals surface area contributed by atoms with Crippen LogP contribution in [-0.2, 0) is 9.47 Å². The van der Waals surface area contributed by atoms with Crippen LogP contribution in [0.4, 0.5) is 0 Å². The maximum atomic E-state index is 5.78. The van der Waals surface area contributed by atoms with Crippen LogP contribution in [0.3, 0.4) is 0 Å². The number of ether oxygens (including phenoxy) is 2. The second kappa shape index (κ2) is 2.72. The summed E-state index contributed by atoms with van der Waals surface area (Å²) in [6.07, 6.45) is 1.07. The summed E-state index contributed by atoms with van der Waals surface area (Å²) in [6, 6.07) is -0.0291. The molecule has 4 atom stereocenters. The normalized spacial score (nSPS) is 51.7. The highest BCUT2D eigenvalue weighted by atomic mass is 16.6. The number of rotatable bonds is 2. The Balaban J connectivity index is 2.23. The predicted octanol–water partition coefficient (Wildman–Crippen LogP) is -0.353. The van der Waals surface area contributed by atoms with Crippen molar-refractivity contribution in [3.63, 3.8) is 0 Å². The van der Waals surface area contributed by atoms with Gasteiger partial charge in [-0.1, -0.05) is 6.92 Å². The van der Waals surface area contributed by atoms with Gasteiger partial charge in [-0.15, -0.1) is 0 Å². The zero-order valence-corrected chi connectivity index (χ0v) is 7.54. The predicted molar refractivity (Wildman–Crippen MR) is 46.2 cm³/mol. The van der Waals surface area contributed by atoms with Gasteiger partial charge in [0.25, 0.3) is 0 Å². The van der Waals surface area contributed by atoms with Gasteiger partial charge in [0, 0.05) is 19.7 Å². The van der Waals surface area contributed by atoms with Gasteiger partial charge in [-0.05, 0) is 6.42 Å². The molecule has 3 nitrogen and oxygen atoms in total. The number of nitrogens with one attached hydrogen (secondary N) is 1. The molecule has 2 aliphatic heterocycles. The Morgan fingerprint density at radius 1 is 1.75 bits per heavy atom. The zero-order chi connectivity index (χ0) is 8.77. The van der Waals surface area contributed by atoms with E-state index in [-0.39, 0.29) is 23.8 Å². The lowest BCUT2D eigenvalue weighted by Gasteiger charge is -2.29. The molecule has 4 heteroatoms. The molecular weight excluding hydrogens is 153 g/mol. The van der Waals surface area contributed by atoms with Gasteiger partial charge in [-0.25, -0.2) is 0 Å². The van der Waals surface area contributed by atoms with E-state index in [2.05, 4.69) is 12.2 Å². The van der Waals surface area contributed by atoms with Crippen molar-refractivity contribution in [2.45, 2.75) is 37.1 Å². The summed E-state index contributed by atoms with van der Waals surface area (Å²) < 4.78 is 11.1. The molecule has 0 spiro atoms. The minimum Gasteiger partial charge on any atom is -0.377 e. The van der Waals surface area contributed by atoms with Crippen molar-refractivity contribution in [1.29, 1.82) is 0 Å². The van der Waals surface area contributed by atoms with Gasteiger partial charge < -0.3 is 14.8 Å². The minimum absolute atomic E-state index is 0.123. The molecule has 0 aromatic carbocycles. The zero-order valence-electron chi connectivity index (χ0n) is 7.54. The Hall–Kier alpha value is -0.0551. The Bertz CT molecular complexity index is 190. The Morgan fingerprint density at radius 3 is 2.92 bits per heavy atom. The van der Waals surface area contributed by atoms with Crippen LogP contribution in [0.2, 0.25) is 0 Å². The Kier molecular flexibility index (Phi) is 1.94. The molecule has 2 heterocycles. The van der Waals surface area contributed by atoms with Crippen molar-refractivity contribution < 1.29 is 9.47 Å². The van der Waals surface area contributed by atoms with E-state index in [4.69, 9.17) is 17.3 Å². The number of fused-ring (bicyclic) bond motifs is 2. The maximum absolute atomic E-state index is 5.78. The fraction of sp³-hybridized carbons (Fsp3) is 1.00. The van der Waals surface area contributed by atoms with E-state index in [1.165, 1.54) is 0 Å². The van der Waals surface area contributed by atoms with Gasteiger partial charge in [0.15, 0.2) is 0 Å². The first-order valence-corrected chi connectivity index (χ1v) is 4.43. The lowest BCUT2D eigenvalue weighted by molar-refractivity contribution is -0.0720. The summed E-state index contributed by atoms with van der Waals surface area (Å²) in [7, 11) is 7.50. The third-order valence-corrected chi connectivity index (χ3v) is 3.06. The van der Waals surface area contributed by atoms with E-state index in [9.17, 15) is 0 Å². The standard InChI is InChI=1S/C8H14BNO2/c1-3-8-4-10-5(6(8)11-2)7(9)12-8/h5-7,10H,3-4H2,1-2H3/t5-,6?,7-,8-/m1/s1. The van der Waals surface area contributed by atoms with Gasteiger partial charge in [-0.3, -0.25) is 0 Å². The second-order valence-corrected chi connectivity index (χ2v) is 3.56. The number of hydrogen-bond acceptors (Lipinski definition) is 3. The first-order chi connectivity index (χ1) is 5.73. The van der Waals surface area contributed by atoms with E-state index in [1.54, 1.807) is 7.11 Å². The van der Waals surface area contributed by atoms with Crippen LogP contribution in [-0.4, -0.2) is 45.3 Å². The summed E-state index contributed by atoms with van der Waals surface area (Å²) in [5.41, 5.74) is -0.168. The summed E-state index contributed by atoms with van der Waals surface area (Å²) in [5.74, 6) is 0. The molecule has 2 bridgehead atoms. The van der Waals surface area contributed by atoms with Gasteiger partial charge in [0.2, 0.25) is 0 Å². The molecule has 2 aliphatic rings. The Morgan fingerprint density at radius 2 is 2.50 bits per heavy atom. The third-order valence-electron chi connectivity index (χ3n) is 3.06. The highest BCUT2D eigenvalue weighted by molar-refractivity contribution is 6.12. The first-order valence-electron chi connectivity index (χ1n) is 4.43. The van der Waals surface area contributed by atoms with Crippen LogP contribution in [0.25, 0.3) is 0 Å². The SMILES string of the molecule is [B][C@@H]1O[C@]2(CC)CN[C@@H]1C2OC. The average molecular weight is 167 g/mol. The van der Waals surface area contributed by atoms with Gasteiger partial charge in [0.05, 0.1) is 6.04 Å². The molecule has 0 amide bonds. The fourth-order valence-corrected chi connectivity index (χ4v) is 2.34. The number of morpholine rings is 1. The van der Waals surface area contributed by atoms with E-state index >= 15 is 0 Å². The smallest absolute Gasteiger partial charge is 0.111 e. The summed E-state index contributed by atoms with van der Waals surface area (Å²) in [4.78, 5) is 0. The lowest BCUT2D eigenvalue weighted by atomic mass is 9.90. The molecule has 2 fully saturated rings. The molecule has 2 saturated heterocycles. The van der Waals surface area contributed by atoms with Gasteiger partial charge >= 0.3 is 0 Å². The highest BCUT2D eigenvalue weighted by Crippen LogP contribution is 2.38. The highest BCUT2D eigenvalue weighted by Gasteiger charge is 2.57. The van der Waals surface area contributed by atoms with E-state index in [1.807, 2.05) is 0 Å². The third kappa shape index (κ3) is 0.887. The fourth-order valence-electron chi connectivity index (χ4n) is 2.34. The molecule has 12 heavy (non-hydrogen) atoms. The van der Waals surface area contributed by atoms with Crippen molar-refractivity contribution in [1.82, 2.24) is 5.32 Å². The number of hydrogen-bond donors (Lipinski definition) is 1. The van der Waals surface area contributed by atoms with E-state index in [0.29, 0.717) is 0 Å². The van der Waals surface area contributed by atoms with Crippen molar-refractivity contribution >= 4 is 7.85 Å². The van der Waals surface area contributed by atoms with Gasteiger partial charge in [0.1, 0.15) is 19.6 Å². The summed E-state index contributed by atoms with van der Waals surface area (Å²) in [5, 5.41) is 3.32. The van der Waals surface area contributed by atoms with Crippen molar-refractivity contribution in [2.24, 2.45) is 0 Å². The molecule has 0 aromatic rings. The average Bonchev–Trinajstić information content (AvgIpc) is 2.56. The Labute approximate surface area is 74.2 Å². The largest absolute Gasteiger partial charge is 0.377 e. The van der Waals surface area contributed by atoms with E-state index in [0.717, 1.165) is 13.0 Å². The minimum atomic E-state index is -0.205. The second-order valence-electron chi connectivity index (χ2n) is 3.56. The molecule has 0 aliphatic carbocycles. The quantitative estimate of drug-likeness (QED) is 0.570. The molecule has 1 unspecified atom stereocenters. The molecule has 0 saturated carbocycles. The van der Waals surface area contributed by atoms with Crippen LogP contribution in [0.1, 0.15) is 13.3 Å². The maximum Gasteiger partial charge on any atom is 0.111 e. The molecule has 1 N–H and O–H groups in total. The molecule has 2 radical (unpaired) electrons. The topological polar surface area (TPSA) is 30.5 Å². The van der Waals surface area contributed by atoms with Crippen LogP contribution in [0, 0.1) is 0 Å². The van der Waals surface area contributed by atoms with Crippen molar-refractivity contribution in [3.8, 4) is 0 Å². The van der Waals surface area contributed by atoms with Crippen LogP contribution in [0.5, 0.6) is 0 Å². The van der Waals surface area contributed by atoms with Crippen LogP contribution < -0.4 is 5.32 Å². The summed E-state index contributed by atoms with van der Waals surface area (Å²) in [6.45, 7) is 2.97. The molecule has 66 valence electrons. The first kappa shape index (κ1) is 8.54. The van der Waals surface area contributed by atoms with E-state index < -0.39 is 0 Å². The van der Waals surface area contributed by atoms with Crippen LogP contribution >= 0.6 is 0 Å². The number of methoxy groups -OCH3 is 1. The monoisotopic (exact) mass is 167 g/mol. The van der Waals surface area contributed by atoms with Crippen molar-refractivity contribution in [3.05, 3.63) is 0 Å². The lowest BCUT2D eigenvalue weighted by Crippen LogP contribution is -2.44. The molecular formula is C8H14BNO2. The molecule has 0 aromatic heterocycles. The van der Waals surface area contributed by atoms with Gasteiger partial charge in [-0.2, -0.15) is 0 Å².